The molecule has 0 bridgehead atoms. The van der Waals surface area contributed by atoms with Gasteiger partial charge in [0.25, 0.3) is 0 Å². The zero-order valence-electron chi connectivity index (χ0n) is 17.9. The molecule has 3 aromatic carbocycles. The maximum atomic E-state index is 12.5. The van der Waals surface area contributed by atoms with E-state index in [-0.39, 0.29) is 17.2 Å². The monoisotopic (exact) mass is 389 g/mol. The van der Waals surface area contributed by atoms with E-state index >= 15 is 0 Å². The zero-order valence-corrected chi connectivity index (χ0v) is 17.9. The highest BCUT2D eigenvalue weighted by Gasteiger charge is 2.15. The van der Waals surface area contributed by atoms with Crippen molar-refractivity contribution in [2.45, 2.75) is 39.5 Å². The first kappa shape index (κ1) is 20.9. The largest absolute Gasteiger partial charge is 0.492 e. The maximum absolute atomic E-state index is 12.5. The van der Waals surface area contributed by atoms with Gasteiger partial charge in [-0.05, 0) is 45.9 Å². The number of carbonyl (C=O) groups is 1. The fourth-order valence-electron chi connectivity index (χ4n) is 3.46. The average Bonchev–Trinajstić information content (AvgIpc) is 2.71. The van der Waals surface area contributed by atoms with E-state index in [1.54, 1.807) is 0 Å². The average molecular weight is 390 g/mol. The Morgan fingerprint density at radius 2 is 1.66 bits per heavy atom. The molecule has 1 atom stereocenters. The third-order valence-electron chi connectivity index (χ3n) is 5.24. The summed E-state index contributed by atoms with van der Waals surface area (Å²) < 4.78 is 5.77. The lowest BCUT2D eigenvalue weighted by atomic mass is 9.87. The molecule has 0 aliphatic carbocycles. The number of ether oxygens (including phenoxy) is 1. The van der Waals surface area contributed by atoms with Gasteiger partial charge in [0, 0.05) is 5.92 Å². The van der Waals surface area contributed by atoms with Crippen LogP contribution in [0.4, 0.5) is 0 Å². The predicted octanol–water partition coefficient (Wildman–Crippen LogP) is 5.51. The van der Waals surface area contributed by atoms with Gasteiger partial charge in [0.1, 0.15) is 12.4 Å². The highest BCUT2D eigenvalue weighted by atomic mass is 16.5. The van der Waals surface area contributed by atoms with Crippen molar-refractivity contribution in [3.63, 3.8) is 0 Å². The van der Waals surface area contributed by atoms with Crippen LogP contribution in [0.3, 0.4) is 0 Å². The van der Waals surface area contributed by atoms with Gasteiger partial charge in [0.05, 0.1) is 6.54 Å². The number of nitrogens with one attached hydrogen (secondary N) is 1. The summed E-state index contributed by atoms with van der Waals surface area (Å²) in [5.74, 6) is 0.799. The number of fused-ring (bicyclic) bond motifs is 1. The molecular formula is C26H31NO2. The second-order valence-electron chi connectivity index (χ2n) is 8.66. The Bertz CT molecular complexity index is 949. The molecular weight excluding hydrogens is 358 g/mol. The Balaban J connectivity index is 1.47. The minimum absolute atomic E-state index is 0.0598. The first-order valence-electron chi connectivity index (χ1n) is 10.3. The normalized spacial score (nSPS) is 12.6. The molecule has 0 aliphatic heterocycles. The SMILES string of the molecule is CC(Cc1cccc2ccccc12)C(=O)NCCOc1ccc(C(C)(C)C)cc1. The van der Waals surface area contributed by atoms with Crippen molar-refractivity contribution in [2.75, 3.05) is 13.2 Å². The molecule has 3 rings (SSSR count). The van der Waals surface area contributed by atoms with Gasteiger partial charge in [-0.25, -0.2) is 0 Å². The number of hydrogen-bond donors (Lipinski definition) is 1. The summed E-state index contributed by atoms with van der Waals surface area (Å²) in [7, 11) is 0. The first-order valence-corrected chi connectivity index (χ1v) is 10.3. The molecule has 1 unspecified atom stereocenters. The molecule has 3 heteroatoms. The van der Waals surface area contributed by atoms with Gasteiger partial charge in [0.2, 0.25) is 5.91 Å². The van der Waals surface area contributed by atoms with Crippen molar-refractivity contribution in [3.8, 4) is 5.75 Å². The molecule has 0 aliphatic rings. The maximum Gasteiger partial charge on any atom is 0.223 e. The predicted molar refractivity (Wildman–Crippen MR) is 120 cm³/mol. The summed E-state index contributed by atoms with van der Waals surface area (Å²) in [5, 5.41) is 5.42. The van der Waals surface area contributed by atoms with E-state index in [4.69, 9.17) is 4.74 Å². The summed E-state index contributed by atoms with van der Waals surface area (Å²) in [6, 6.07) is 22.8. The van der Waals surface area contributed by atoms with Gasteiger partial charge in [-0.2, -0.15) is 0 Å². The molecule has 0 spiro atoms. The fraction of sp³-hybridized carbons (Fsp3) is 0.346. The molecule has 0 saturated carbocycles. The molecule has 0 fully saturated rings. The summed E-state index contributed by atoms with van der Waals surface area (Å²) in [6.07, 6.45) is 0.725. The van der Waals surface area contributed by atoms with E-state index in [1.165, 1.54) is 21.9 Å². The van der Waals surface area contributed by atoms with Crippen LogP contribution >= 0.6 is 0 Å². The molecule has 0 heterocycles. The van der Waals surface area contributed by atoms with Crippen LogP contribution in [0.2, 0.25) is 0 Å². The van der Waals surface area contributed by atoms with E-state index < -0.39 is 0 Å². The summed E-state index contributed by atoms with van der Waals surface area (Å²) in [6.45, 7) is 9.51. The topological polar surface area (TPSA) is 38.3 Å². The lowest BCUT2D eigenvalue weighted by molar-refractivity contribution is -0.124. The summed E-state index contributed by atoms with van der Waals surface area (Å²) >= 11 is 0. The lowest BCUT2D eigenvalue weighted by Crippen LogP contribution is -2.33. The molecule has 0 saturated heterocycles. The smallest absolute Gasteiger partial charge is 0.223 e. The van der Waals surface area contributed by atoms with E-state index in [1.807, 2.05) is 31.2 Å². The molecule has 152 valence electrons. The van der Waals surface area contributed by atoms with Crippen LogP contribution in [0.25, 0.3) is 10.8 Å². The molecule has 0 radical (unpaired) electrons. The Labute approximate surface area is 174 Å². The van der Waals surface area contributed by atoms with Crippen molar-refractivity contribution in [1.82, 2.24) is 5.32 Å². The van der Waals surface area contributed by atoms with Crippen molar-refractivity contribution in [2.24, 2.45) is 5.92 Å². The number of carbonyl (C=O) groups excluding carboxylic acids is 1. The highest BCUT2D eigenvalue weighted by Crippen LogP contribution is 2.24. The Kier molecular flexibility index (Phi) is 6.58. The molecule has 3 nitrogen and oxygen atoms in total. The molecule has 29 heavy (non-hydrogen) atoms. The van der Waals surface area contributed by atoms with E-state index in [0.717, 1.165) is 12.2 Å². The van der Waals surface area contributed by atoms with Crippen LogP contribution in [0.15, 0.2) is 66.7 Å². The second kappa shape index (κ2) is 9.13. The Morgan fingerprint density at radius 1 is 0.966 bits per heavy atom. The third kappa shape index (κ3) is 5.60. The van der Waals surface area contributed by atoms with Gasteiger partial charge < -0.3 is 10.1 Å². The molecule has 0 aromatic heterocycles. The Morgan fingerprint density at radius 3 is 2.38 bits per heavy atom. The van der Waals surface area contributed by atoms with Crippen molar-refractivity contribution in [1.29, 1.82) is 0 Å². The summed E-state index contributed by atoms with van der Waals surface area (Å²) in [5.41, 5.74) is 2.62. The van der Waals surface area contributed by atoms with E-state index in [9.17, 15) is 4.79 Å². The van der Waals surface area contributed by atoms with Crippen molar-refractivity contribution >= 4 is 16.7 Å². The number of hydrogen-bond acceptors (Lipinski definition) is 2. The number of amides is 1. The first-order chi connectivity index (χ1) is 13.8. The Hall–Kier alpha value is -2.81. The van der Waals surface area contributed by atoms with Crippen LogP contribution in [-0.4, -0.2) is 19.1 Å². The van der Waals surface area contributed by atoms with Gasteiger partial charge in [0.15, 0.2) is 0 Å². The lowest BCUT2D eigenvalue weighted by Gasteiger charge is -2.19. The zero-order chi connectivity index (χ0) is 20.9. The van der Waals surface area contributed by atoms with Gasteiger partial charge >= 0.3 is 0 Å². The molecule has 3 aromatic rings. The second-order valence-corrected chi connectivity index (χ2v) is 8.66. The minimum Gasteiger partial charge on any atom is -0.492 e. The number of rotatable bonds is 7. The van der Waals surface area contributed by atoms with Crippen LogP contribution < -0.4 is 10.1 Å². The van der Waals surface area contributed by atoms with Gasteiger partial charge in [-0.15, -0.1) is 0 Å². The highest BCUT2D eigenvalue weighted by molar-refractivity contribution is 5.86. The number of benzene rings is 3. The van der Waals surface area contributed by atoms with Crippen molar-refractivity contribution < 1.29 is 9.53 Å². The van der Waals surface area contributed by atoms with Crippen LogP contribution in [0.5, 0.6) is 5.75 Å². The van der Waals surface area contributed by atoms with Crippen LogP contribution in [-0.2, 0) is 16.6 Å². The summed E-state index contributed by atoms with van der Waals surface area (Å²) in [4.78, 5) is 12.5. The van der Waals surface area contributed by atoms with Crippen molar-refractivity contribution in [3.05, 3.63) is 77.9 Å². The third-order valence-corrected chi connectivity index (χ3v) is 5.24. The van der Waals surface area contributed by atoms with Crippen LogP contribution in [0.1, 0.15) is 38.8 Å². The molecule has 1 N–H and O–H groups in total. The van der Waals surface area contributed by atoms with E-state index in [2.05, 4.69) is 68.6 Å². The standard InChI is InChI=1S/C26H31NO2/c1-19(18-21-10-7-9-20-8-5-6-11-24(20)21)25(28)27-16-17-29-23-14-12-22(13-15-23)26(2,3)4/h5-15,19H,16-18H2,1-4H3,(H,27,28). The van der Waals surface area contributed by atoms with E-state index in [0.29, 0.717) is 13.2 Å². The van der Waals surface area contributed by atoms with Gasteiger partial charge in [-0.3, -0.25) is 4.79 Å². The quantitative estimate of drug-likeness (QED) is 0.541. The fourth-order valence-corrected chi connectivity index (χ4v) is 3.46. The van der Waals surface area contributed by atoms with Crippen LogP contribution in [0, 0.1) is 5.92 Å². The van der Waals surface area contributed by atoms with Gasteiger partial charge in [-0.1, -0.05) is 82.3 Å². The molecule has 1 amide bonds. The minimum atomic E-state index is -0.0909.